The number of nitrogens with one attached hydrogen (secondary N) is 1. The topological polar surface area (TPSA) is 78.6 Å². The van der Waals surface area contributed by atoms with Crippen molar-refractivity contribution in [2.24, 2.45) is 0 Å². The zero-order valence-electron chi connectivity index (χ0n) is 11.5. The highest BCUT2D eigenvalue weighted by Gasteiger charge is 2.19. The second kappa shape index (κ2) is 6.33. The normalized spacial score (nSPS) is 17.1. The van der Waals surface area contributed by atoms with Gasteiger partial charge in [-0.2, -0.15) is 0 Å². The molecule has 1 aliphatic rings. The Hall–Kier alpha value is -1.46. The van der Waals surface area contributed by atoms with Crippen LogP contribution in [0.5, 0.6) is 0 Å². The quantitative estimate of drug-likeness (QED) is 0.728. The zero-order chi connectivity index (χ0) is 14.7. The van der Waals surface area contributed by atoms with Crippen molar-refractivity contribution in [3.63, 3.8) is 0 Å². The molecule has 1 unspecified atom stereocenters. The lowest BCUT2D eigenvalue weighted by Crippen LogP contribution is -2.33. The molecule has 2 rings (SSSR count). The molecular formula is C14H20ClN3O2. The highest BCUT2D eigenvalue weighted by Crippen LogP contribution is 2.30. The number of anilines is 2. The van der Waals surface area contributed by atoms with E-state index in [4.69, 9.17) is 17.3 Å². The largest absolute Gasteiger partial charge is 0.478 e. The molecule has 0 radical (unpaired) electrons. The minimum Gasteiger partial charge on any atom is -0.478 e. The van der Waals surface area contributed by atoms with Crippen molar-refractivity contribution < 1.29 is 9.90 Å². The minimum absolute atomic E-state index is 0.114. The molecule has 4 N–H and O–H groups in total. The van der Waals surface area contributed by atoms with Gasteiger partial charge in [-0.3, -0.25) is 0 Å². The molecule has 1 heterocycles. The Morgan fingerprint density at radius 3 is 2.75 bits per heavy atom. The molecule has 20 heavy (non-hydrogen) atoms. The van der Waals surface area contributed by atoms with E-state index in [0.717, 1.165) is 19.6 Å². The molecule has 0 aromatic heterocycles. The van der Waals surface area contributed by atoms with Crippen LogP contribution in [0.4, 0.5) is 11.4 Å². The van der Waals surface area contributed by atoms with Crippen molar-refractivity contribution in [1.82, 2.24) is 4.90 Å². The molecule has 0 amide bonds. The van der Waals surface area contributed by atoms with E-state index in [9.17, 15) is 9.90 Å². The SMILES string of the molecule is CC(CN1CCCC1)Nc1c(Cl)cc(N)cc1C(=O)O. The molecule has 1 atom stereocenters. The van der Waals surface area contributed by atoms with Gasteiger partial charge in [-0.25, -0.2) is 4.79 Å². The van der Waals surface area contributed by atoms with Gasteiger partial charge in [0.25, 0.3) is 0 Å². The predicted molar refractivity (Wildman–Crippen MR) is 81.6 cm³/mol. The lowest BCUT2D eigenvalue weighted by molar-refractivity contribution is 0.0698. The summed E-state index contributed by atoms with van der Waals surface area (Å²) in [6.45, 7) is 5.11. The van der Waals surface area contributed by atoms with E-state index in [1.165, 1.54) is 18.9 Å². The Morgan fingerprint density at radius 1 is 1.50 bits per heavy atom. The van der Waals surface area contributed by atoms with Gasteiger partial charge in [0.15, 0.2) is 0 Å². The van der Waals surface area contributed by atoms with Crippen molar-refractivity contribution >= 4 is 28.9 Å². The molecule has 0 aliphatic carbocycles. The van der Waals surface area contributed by atoms with E-state index >= 15 is 0 Å². The van der Waals surface area contributed by atoms with Crippen LogP contribution < -0.4 is 11.1 Å². The molecule has 5 nitrogen and oxygen atoms in total. The summed E-state index contributed by atoms with van der Waals surface area (Å²) in [7, 11) is 0. The number of rotatable bonds is 5. The van der Waals surface area contributed by atoms with Crippen LogP contribution in [0.3, 0.4) is 0 Å². The number of halogens is 1. The highest BCUT2D eigenvalue weighted by atomic mass is 35.5. The number of carbonyl (C=O) groups is 1. The van der Waals surface area contributed by atoms with Gasteiger partial charge in [-0.05, 0) is 45.0 Å². The van der Waals surface area contributed by atoms with E-state index in [0.29, 0.717) is 16.4 Å². The minimum atomic E-state index is -1.03. The van der Waals surface area contributed by atoms with Gasteiger partial charge < -0.3 is 21.1 Å². The van der Waals surface area contributed by atoms with E-state index < -0.39 is 5.97 Å². The molecule has 1 aromatic rings. The number of likely N-dealkylation sites (tertiary alicyclic amines) is 1. The molecule has 6 heteroatoms. The third kappa shape index (κ3) is 3.55. The van der Waals surface area contributed by atoms with Crippen molar-refractivity contribution in [2.75, 3.05) is 30.7 Å². The fraction of sp³-hybridized carbons (Fsp3) is 0.500. The van der Waals surface area contributed by atoms with Gasteiger partial charge in [0, 0.05) is 18.3 Å². The molecule has 1 saturated heterocycles. The van der Waals surface area contributed by atoms with Gasteiger partial charge in [0.05, 0.1) is 16.3 Å². The highest BCUT2D eigenvalue weighted by molar-refractivity contribution is 6.34. The molecule has 110 valence electrons. The second-order valence-corrected chi connectivity index (χ2v) is 5.69. The first kappa shape index (κ1) is 14.9. The van der Waals surface area contributed by atoms with E-state index in [2.05, 4.69) is 10.2 Å². The smallest absolute Gasteiger partial charge is 0.337 e. The van der Waals surface area contributed by atoms with Crippen LogP contribution >= 0.6 is 11.6 Å². The maximum Gasteiger partial charge on any atom is 0.337 e. The average Bonchev–Trinajstić information content (AvgIpc) is 2.84. The van der Waals surface area contributed by atoms with Crippen LogP contribution in [0, 0.1) is 0 Å². The summed E-state index contributed by atoms with van der Waals surface area (Å²) >= 11 is 6.12. The van der Waals surface area contributed by atoms with E-state index in [1.807, 2.05) is 6.92 Å². The first-order chi connectivity index (χ1) is 9.47. The Kier molecular flexibility index (Phi) is 4.73. The molecule has 0 bridgehead atoms. The van der Waals surface area contributed by atoms with Crippen LogP contribution in [0.25, 0.3) is 0 Å². The standard InChI is InChI=1S/C14H20ClN3O2/c1-9(8-18-4-2-3-5-18)17-13-11(14(19)20)6-10(16)7-12(13)15/h6-7,9,17H,2-5,8,16H2,1H3,(H,19,20). The van der Waals surface area contributed by atoms with Crippen molar-refractivity contribution in [1.29, 1.82) is 0 Å². The molecule has 0 saturated carbocycles. The number of carboxylic acid groups (broad SMARTS) is 1. The summed E-state index contributed by atoms with van der Waals surface area (Å²) in [5.74, 6) is -1.03. The van der Waals surface area contributed by atoms with Crippen LogP contribution in [-0.2, 0) is 0 Å². The van der Waals surface area contributed by atoms with E-state index in [1.54, 1.807) is 6.07 Å². The summed E-state index contributed by atoms with van der Waals surface area (Å²) in [5.41, 5.74) is 6.56. The third-order valence-corrected chi connectivity index (χ3v) is 3.76. The summed E-state index contributed by atoms with van der Waals surface area (Å²) in [6, 6.07) is 3.12. The maximum atomic E-state index is 11.3. The fourth-order valence-corrected chi connectivity index (χ4v) is 2.87. The van der Waals surface area contributed by atoms with Gasteiger partial charge in [0.2, 0.25) is 0 Å². The maximum absolute atomic E-state index is 11.3. The van der Waals surface area contributed by atoms with Crippen LogP contribution in [-0.4, -0.2) is 41.7 Å². The predicted octanol–water partition coefficient (Wildman–Crippen LogP) is 2.52. The lowest BCUT2D eigenvalue weighted by Gasteiger charge is -2.23. The number of nitrogen functional groups attached to an aromatic ring is 1. The summed E-state index contributed by atoms with van der Waals surface area (Å²) in [6.07, 6.45) is 2.46. The van der Waals surface area contributed by atoms with Gasteiger partial charge in [-0.1, -0.05) is 11.6 Å². The zero-order valence-corrected chi connectivity index (χ0v) is 12.3. The van der Waals surface area contributed by atoms with Crippen LogP contribution in [0.2, 0.25) is 5.02 Å². The monoisotopic (exact) mass is 297 g/mol. The number of hydrogen-bond acceptors (Lipinski definition) is 4. The van der Waals surface area contributed by atoms with Crippen LogP contribution in [0.1, 0.15) is 30.1 Å². The van der Waals surface area contributed by atoms with Crippen molar-refractivity contribution in [3.05, 3.63) is 22.7 Å². The molecule has 1 aromatic carbocycles. The number of benzene rings is 1. The van der Waals surface area contributed by atoms with Gasteiger partial charge >= 0.3 is 5.97 Å². The Morgan fingerprint density at radius 2 is 2.15 bits per heavy atom. The van der Waals surface area contributed by atoms with Crippen molar-refractivity contribution in [2.45, 2.75) is 25.8 Å². The Labute approximate surface area is 123 Å². The Balaban J connectivity index is 2.13. The lowest BCUT2D eigenvalue weighted by atomic mass is 10.1. The molecular weight excluding hydrogens is 278 g/mol. The number of nitrogens with two attached hydrogens (primary N) is 1. The van der Waals surface area contributed by atoms with E-state index in [-0.39, 0.29) is 11.6 Å². The second-order valence-electron chi connectivity index (χ2n) is 5.28. The number of nitrogens with zero attached hydrogens (tertiary/aromatic N) is 1. The Bertz CT molecular complexity index is 501. The first-order valence-corrected chi connectivity index (χ1v) is 7.16. The average molecular weight is 298 g/mol. The summed E-state index contributed by atoms with van der Waals surface area (Å²) < 4.78 is 0. The number of aromatic carboxylic acids is 1. The van der Waals surface area contributed by atoms with Crippen LogP contribution in [0.15, 0.2) is 12.1 Å². The van der Waals surface area contributed by atoms with Crippen molar-refractivity contribution in [3.8, 4) is 0 Å². The molecule has 1 fully saturated rings. The number of carboxylic acids is 1. The van der Waals surface area contributed by atoms with Gasteiger partial charge in [0.1, 0.15) is 0 Å². The van der Waals surface area contributed by atoms with Gasteiger partial charge in [-0.15, -0.1) is 0 Å². The fourth-order valence-electron chi connectivity index (χ4n) is 2.59. The molecule has 1 aliphatic heterocycles. The first-order valence-electron chi connectivity index (χ1n) is 6.78. The summed E-state index contributed by atoms with van der Waals surface area (Å²) in [4.78, 5) is 13.7. The molecule has 0 spiro atoms. The number of hydrogen-bond donors (Lipinski definition) is 3. The summed E-state index contributed by atoms with van der Waals surface area (Å²) in [5, 5.41) is 12.8. The third-order valence-electron chi connectivity index (χ3n) is 3.46.